The quantitative estimate of drug-likeness (QED) is 0.890. The fourth-order valence-corrected chi connectivity index (χ4v) is 2.65. The minimum absolute atomic E-state index is 0.0730. The first-order chi connectivity index (χ1) is 9.15. The number of amides is 1. The van der Waals surface area contributed by atoms with Crippen LogP contribution in [0.15, 0.2) is 28.7 Å². The van der Waals surface area contributed by atoms with E-state index in [0.717, 1.165) is 36.3 Å². The zero-order valence-corrected chi connectivity index (χ0v) is 12.7. The Hall–Kier alpha value is -0.910. The molecule has 19 heavy (non-hydrogen) atoms. The number of benzene rings is 1. The lowest BCUT2D eigenvalue weighted by molar-refractivity contribution is -0.116. The molecule has 1 aromatic carbocycles. The zero-order valence-electron chi connectivity index (χ0n) is 11.2. The summed E-state index contributed by atoms with van der Waals surface area (Å²) in [7, 11) is 0. The fraction of sp³-hybridized carbons (Fsp3) is 0.500. The average molecular weight is 326 g/mol. The summed E-state index contributed by atoms with van der Waals surface area (Å²) in [6, 6.07) is 8.17. The molecule has 0 saturated carbocycles. The molecular formula is C14H20BrN3O. The van der Waals surface area contributed by atoms with Crippen molar-refractivity contribution >= 4 is 27.5 Å². The molecule has 4 nitrogen and oxygen atoms in total. The Balaban J connectivity index is 1.78. The highest BCUT2D eigenvalue weighted by atomic mass is 79.9. The molecule has 1 fully saturated rings. The minimum Gasteiger partial charge on any atom is -0.326 e. The van der Waals surface area contributed by atoms with Gasteiger partial charge in [0.15, 0.2) is 0 Å². The van der Waals surface area contributed by atoms with Crippen LogP contribution in [0.1, 0.15) is 13.3 Å². The Morgan fingerprint density at radius 2 is 2.42 bits per heavy atom. The lowest BCUT2D eigenvalue weighted by Gasteiger charge is -2.33. The van der Waals surface area contributed by atoms with Crippen LogP contribution in [-0.2, 0) is 4.79 Å². The van der Waals surface area contributed by atoms with E-state index in [1.165, 1.54) is 0 Å². The van der Waals surface area contributed by atoms with Crippen molar-refractivity contribution in [3.63, 3.8) is 0 Å². The van der Waals surface area contributed by atoms with E-state index >= 15 is 0 Å². The average Bonchev–Trinajstić information content (AvgIpc) is 2.38. The highest BCUT2D eigenvalue weighted by molar-refractivity contribution is 9.10. The Bertz CT molecular complexity index is 438. The standard InChI is InChI=1S/C14H20BrN3O/c1-11-10-16-6-8-18(11)7-5-14(19)17-13-4-2-3-12(15)9-13/h2-4,9,11,16H,5-8,10H2,1H3,(H,17,19)/t11-/m0/s1. The number of carbonyl (C=O) groups excluding carboxylic acids is 1. The molecule has 0 spiro atoms. The Morgan fingerprint density at radius 1 is 1.58 bits per heavy atom. The van der Waals surface area contributed by atoms with Gasteiger partial charge in [-0.2, -0.15) is 0 Å². The summed E-state index contributed by atoms with van der Waals surface area (Å²) in [4.78, 5) is 14.3. The summed E-state index contributed by atoms with van der Waals surface area (Å²) in [5, 5.41) is 6.28. The van der Waals surface area contributed by atoms with Crippen LogP contribution in [-0.4, -0.2) is 43.0 Å². The molecule has 1 heterocycles. The van der Waals surface area contributed by atoms with Gasteiger partial charge in [0.2, 0.25) is 5.91 Å². The van der Waals surface area contributed by atoms with E-state index < -0.39 is 0 Å². The van der Waals surface area contributed by atoms with Crippen LogP contribution in [0.5, 0.6) is 0 Å². The van der Waals surface area contributed by atoms with Gasteiger partial charge < -0.3 is 10.6 Å². The smallest absolute Gasteiger partial charge is 0.225 e. The number of anilines is 1. The summed E-state index contributed by atoms with van der Waals surface area (Å²) in [5.41, 5.74) is 0.840. The van der Waals surface area contributed by atoms with Gasteiger partial charge in [0.05, 0.1) is 0 Å². The third-order valence-electron chi connectivity index (χ3n) is 3.37. The van der Waals surface area contributed by atoms with Crippen LogP contribution in [0.25, 0.3) is 0 Å². The van der Waals surface area contributed by atoms with E-state index in [2.05, 4.69) is 38.4 Å². The van der Waals surface area contributed by atoms with Gasteiger partial charge in [-0.3, -0.25) is 9.69 Å². The van der Waals surface area contributed by atoms with Crippen molar-refractivity contribution in [2.24, 2.45) is 0 Å². The predicted molar refractivity (Wildman–Crippen MR) is 81.3 cm³/mol. The van der Waals surface area contributed by atoms with Crippen LogP contribution < -0.4 is 10.6 Å². The molecule has 1 aliphatic heterocycles. The Labute approximate surface area is 122 Å². The first kappa shape index (κ1) is 14.5. The maximum absolute atomic E-state index is 11.9. The monoisotopic (exact) mass is 325 g/mol. The van der Waals surface area contributed by atoms with Crippen molar-refractivity contribution < 1.29 is 4.79 Å². The molecular weight excluding hydrogens is 306 g/mol. The van der Waals surface area contributed by atoms with E-state index in [1.54, 1.807) is 0 Å². The van der Waals surface area contributed by atoms with Crippen molar-refractivity contribution in [3.8, 4) is 0 Å². The lowest BCUT2D eigenvalue weighted by Crippen LogP contribution is -2.50. The van der Waals surface area contributed by atoms with Crippen molar-refractivity contribution in [1.29, 1.82) is 0 Å². The summed E-state index contributed by atoms with van der Waals surface area (Å²) in [6.07, 6.45) is 0.539. The number of halogens is 1. The normalized spacial score (nSPS) is 20.2. The maximum atomic E-state index is 11.9. The first-order valence-electron chi connectivity index (χ1n) is 6.65. The zero-order chi connectivity index (χ0) is 13.7. The van der Waals surface area contributed by atoms with Gasteiger partial charge in [-0.25, -0.2) is 0 Å². The van der Waals surface area contributed by atoms with Crippen LogP contribution in [0, 0.1) is 0 Å². The van der Waals surface area contributed by atoms with Crippen LogP contribution in [0.4, 0.5) is 5.69 Å². The number of hydrogen-bond donors (Lipinski definition) is 2. The number of carbonyl (C=O) groups is 1. The molecule has 1 aliphatic rings. The van der Waals surface area contributed by atoms with Gasteiger partial charge in [0, 0.05) is 48.8 Å². The van der Waals surface area contributed by atoms with Gasteiger partial charge in [-0.05, 0) is 25.1 Å². The summed E-state index contributed by atoms with van der Waals surface area (Å²) in [6.45, 7) is 6.05. The number of nitrogens with one attached hydrogen (secondary N) is 2. The molecule has 104 valence electrons. The molecule has 0 unspecified atom stereocenters. The van der Waals surface area contributed by atoms with Gasteiger partial charge in [-0.1, -0.05) is 22.0 Å². The predicted octanol–water partition coefficient (Wildman–Crippen LogP) is 2.07. The fourth-order valence-electron chi connectivity index (χ4n) is 2.25. The second-order valence-electron chi connectivity index (χ2n) is 4.90. The molecule has 5 heteroatoms. The van der Waals surface area contributed by atoms with Crippen LogP contribution in [0.3, 0.4) is 0 Å². The van der Waals surface area contributed by atoms with Crippen molar-refractivity contribution in [2.75, 3.05) is 31.5 Å². The molecule has 0 aromatic heterocycles. The topological polar surface area (TPSA) is 44.4 Å². The van der Waals surface area contributed by atoms with Gasteiger partial charge in [-0.15, -0.1) is 0 Å². The maximum Gasteiger partial charge on any atom is 0.225 e. The third kappa shape index (κ3) is 4.60. The van der Waals surface area contributed by atoms with Crippen LogP contribution >= 0.6 is 15.9 Å². The van der Waals surface area contributed by atoms with E-state index in [1.807, 2.05) is 24.3 Å². The largest absolute Gasteiger partial charge is 0.326 e. The minimum atomic E-state index is 0.0730. The highest BCUT2D eigenvalue weighted by Crippen LogP contribution is 2.15. The lowest BCUT2D eigenvalue weighted by atomic mass is 10.2. The molecule has 0 bridgehead atoms. The van der Waals surface area contributed by atoms with Crippen molar-refractivity contribution in [1.82, 2.24) is 10.2 Å². The molecule has 2 rings (SSSR count). The number of piperazine rings is 1. The second-order valence-corrected chi connectivity index (χ2v) is 5.81. The Kier molecular flexibility index (Phi) is 5.36. The van der Waals surface area contributed by atoms with E-state index in [4.69, 9.17) is 0 Å². The van der Waals surface area contributed by atoms with Crippen molar-refractivity contribution in [3.05, 3.63) is 28.7 Å². The van der Waals surface area contributed by atoms with Gasteiger partial charge in [0.25, 0.3) is 0 Å². The van der Waals surface area contributed by atoms with E-state index in [9.17, 15) is 4.79 Å². The third-order valence-corrected chi connectivity index (χ3v) is 3.87. The number of hydrogen-bond acceptors (Lipinski definition) is 3. The second kappa shape index (κ2) is 7.03. The SMILES string of the molecule is C[C@H]1CNCCN1CCC(=O)Nc1cccc(Br)c1. The molecule has 1 atom stereocenters. The van der Waals surface area contributed by atoms with Crippen LogP contribution in [0.2, 0.25) is 0 Å². The molecule has 1 aromatic rings. The molecule has 0 radical (unpaired) electrons. The summed E-state index contributed by atoms with van der Waals surface area (Å²) in [5.74, 6) is 0.0730. The summed E-state index contributed by atoms with van der Waals surface area (Å²) < 4.78 is 0.973. The first-order valence-corrected chi connectivity index (χ1v) is 7.44. The molecule has 1 saturated heterocycles. The number of rotatable bonds is 4. The van der Waals surface area contributed by atoms with E-state index in [0.29, 0.717) is 12.5 Å². The number of nitrogens with zero attached hydrogens (tertiary/aromatic N) is 1. The van der Waals surface area contributed by atoms with Gasteiger partial charge >= 0.3 is 0 Å². The molecule has 1 amide bonds. The Morgan fingerprint density at radius 3 is 3.16 bits per heavy atom. The van der Waals surface area contributed by atoms with Crippen molar-refractivity contribution in [2.45, 2.75) is 19.4 Å². The molecule has 2 N–H and O–H groups in total. The van der Waals surface area contributed by atoms with Gasteiger partial charge in [0.1, 0.15) is 0 Å². The van der Waals surface area contributed by atoms with E-state index in [-0.39, 0.29) is 5.91 Å². The molecule has 0 aliphatic carbocycles. The summed E-state index contributed by atoms with van der Waals surface area (Å²) >= 11 is 3.40. The highest BCUT2D eigenvalue weighted by Gasteiger charge is 2.18.